The van der Waals surface area contributed by atoms with Gasteiger partial charge in [0.15, 0.2) is 0 Å². The lowest BCUT2D eigenvalue weighted by Crippen LogP contribution is -2.37. The molecule has 0 spiro atoms. The second-order valence-corrected chi connectivity index (χ2v) is 8.60. The van der Waals surface area contributed by atoms with Crippen LogP contribution in [0.3, 0.4) is 0 Å². The Bertz CT molecular complexity index is 801. The summed E-state index contributed by atoms with van der Waals surface area (Å²) in [4.78, 5) is 0.0887. The van der Waals surface area contributed by atoms with Gasteiger partial charge in [-0.3, -0.25) is 0 Å². The molecule has 0 radical (unpaired) electrons. The summed E-state index contributed by atoms with van der Waals surface area (Å²) in [5, 5.41) is 0. The Hall–Kier alpha value is -1.72. The van der Waals surface area contributed by atoms with E-state index in [4.69, 9.17) is 0 Å². The number of aryl methyl sites for hydroxylation is 1. The quantitative estimate of drug-likeness (QED) is 0.851. The topological polar surface area (TPSA) is 46.2 Å². The fraction of sp³-hybridized carbons (Fsp3) is 0.368. The maximum absolute atomic E-state index is 13.3. The molecule has 130 valence electrons. The summed E-state index contributed by atoms with van der Waals surface area (Å²) in [6, 6.07) is 13.6. The predicted molar refractivity (Wildman–Crippen MR) is 95.0 cm³/mol. The Balaban J connectivity index is 2.13. The van der Waals surface area contributed by atoms with Crippen molar-refractivity contribution in [2.75, 3.05) is 0 Å². The Morgan fingerprint density at radius 2 is 1.75 bits per heavy atom. The SMILES string of the molecule is Cc1cc(S(=O)(=O)NC(C)CC(C)(C)c2ccccc2)ccc1F. The monoisotopic (exact) mass is 349 g/mol. The third kappa shape index (κ3) is 4.42. The maximum Gasteiger partial charge on any atom is 0.240 e. The van der Waals surface area contributed by atoms with Gasteiger partial charge in [-0.25, -0.2) is 17.5 Å². The van der Waals surface area contributed by atoms with Gasteiger partial charge in [0.2, 0.25) is 10.0 Å². The molecule has 0 fully saturated rings. The highest BCUT2D eigenvalue weighted by molar-refractivity contribution is 7.89. The zero-order valence-electron chi connectivity index (χ0n) is 14.5. The van der Waals surface area contributed by atoms with E-state index < -0.39 is 15.8 Å². The highest BCUT2D eigenvalue weighted by Gasteiger charge is 2.26. The molecule has 5 heteroatoms. The molecule has 0 amide bonds. The molecule has 2 aromatic carbocycles. The van der Waals surface area contributed by atoms with Gasteiger partial charge in [0.1, 0.15) is 5.82 Å². The molecule has 0 saturated heterocycles. The summed E-state index contributed by atoms with van der Waals surface area (Å²) in [6.07, 6.45) is 0.649. The normalized spacial score (nSPS) is 13.7. The van der Waals surface area contributed by atoms with E-state index in [1.165, 1.54) is 18.2 Å². The summed E-state index contributed by atoms with van der Waals surface area (Å²) in [7, 11) is -3.67. The molecule has 1 N–H and O–H groups in total. The largest absolute Gasteiger partial charge is 0.240 e. The van der Waals surface area contributed by atoms with Crippen LogP contribution in [0.5, 0.6) is 0 Å². The van der Waals surface area contributed by atoms with E-state index in [0.29, 0.717) is 12.0 Å². The van der Waals surface area contributed by atoms with Crippen LogP contribution in [0.4, 0.5) is 4.39 Å². The molecule has 0 aliphatic rings. The van der Waals surface area contributed by atoms with E-state index in [9.17, 15) is 12.8 Å². The molecular formula is C19H24FNO2S. The van der Waals surface area contributed by atoms with Gasteiger partial charge in [-0.15, -0.1) is 0 Å². The molecule has 1 unspecified atom stereocenters. The summed E-state index contributed by atoms with van der Waals surface area (Å²) in [5.41, 5.74) is 1.31. The maximum atomic E-state index is 13.3. The lowest BCUT2D eigenvalue weighted by atomic mass is 9.79. The minimum atomic E-state index is -3.67. The van der Waals surface area contributed by atoms with Gasteiger partial charge < -0.3 is 0 Å². The number of halogens is 1. The van der Waals surface area contributed by atoms with E-state index in [-0.39, 0.29) is 16.4 Å². The van der Waals surface area contributed by atoms with Crippen molar-refractivity contribution in [2.24, 2.45) is 0 Å². The predicted octanol–water partition coefficient (Wildman–Crippen LogP) is 4.17. The number of hydrogen-bond acceptors (Lipinski definition) is 2. The van der Waals surface area contributed by atoms with Crippen molar-refractivity contribution in [1.29, 1.82) is 0 Å². The minimum Gasteiger partial charge on any atom is -0.208 e. The fourth-order valence-electron chi connectivity index (χ4n) is 2.93. The summed E-state index contributed by atoms with van der Waals surface area (Å²) in [5.74, 6) is -0.410. The third-order valence-electron chi connectivity index (χ3n) is 4.17. The molecule has 0 bridgehead atoms. The summed E-state index contributed by atoms with van der Waals surface area (Å²) in [6.45, 7) is 7.58. The van der Waals surface area contributed by atoms with Crippen molar-refractivity contribution in [3.8, 4) is 0 Å². The number of sulfonamides is 1. The highest BCUT2D eigenvalue weighted by atomic mass is 32.2. The van der Waals surface area contributed by atoms with Gasteiger partial charge in [0, 0.05) is 6.04 Å². The number of benzene rings is 2. The Morgan fingerprint density at radius 1 is 1.12 bits per heavy atom. The van der Waals surface area contributed by atoms with Crippen LogP contribution in [0.1, 0.15) is 38.3 Å². The lowest BCUT2D eigenvalue weighted by molar-refractivity contribution is 0.418. The Kier molecular flexibility index (Phi) is 5.45. The van der Waals surface area contributed by atoms with Crippen molar-refractivity contribution >= 4 is 10.0 Å². The number of rotatable bonds is 6. The van der Waals surface area contributed by atoms with Gasteiger partial charge in [-0.2, -0.15) is 0 Å². The molecule has 24 heavy (non-hydrogen) atoms. The molecule has 1 atom stereocenters. The van der Waals surface area contributed by atoms with Crippen LogP contribution < -0.4 is 4.72 Å². The van der Waals surface area contributed by atoms with Gasteiger partial charge >= 0.3 is 0 Å². The van der Waals surface area contributed by atoms with Crippen molar-refractivity contribution in [1.82, 2.24) is 4.72 Å². The molecule has 0 aliphatic carbocycles. The van der Waals surface area contributed by atoms with Crippen molar-refractivity contribution in [2.45, 2.75) is 50.5 Å². The number of hydrogen-bond donors (Lipinski definition) is 1. The molecule has 2 rings (SSSR count). The zero-order chi connectivity index (χ0) is 18.0. The van der Waals surface area contributed by atoms with Crippen LogP contribution >= 0.6 is 0 Å². The van der Waals surface area contributed by atoms with Crippen LogP contribution in [0.2, 0.25) is 0 Å². The smallest absolute Gasteiger partial charge is 0.208 e. The molecule has 0 aliphatic heterocycles. The van der Waals surface area contributed by atoms with E-state index in [1.54, 1.807) is 6.92 Å². The third-order valence-corrected chi connectivity index (χ3v) is 5.76. The molecule has 0 saturated carbocycles. The van der Waals surface area contributed by atoms with E-state index >= 15 is 0 Å². The van der Waals surface area contributed by atoms with E-state index in [0.717, 1.165) is 5.56 Å². The Labute approximate surface area is 144 Å². The van der Waals surface area contributed by atoms with Crippen LogP contribution in [-0.2, 0) is 15.4 Å². The molecular weight excluding hydrogens is 325 g/mol. The first kappa shape index (κ1) is 18.6. The van der Waals surface area contributed by atoms with Crippen LogP contribution in [0.25, 0.3) is 0 Å². The summed E-state index contributed by atoms with van der Waals surface area (Å²) < 4.78 is 41.0. The average Bonchev–Trinajstić information content (AvgIpc) is 2.49. The lowest BCUT2D eigenvalue weighted by Gasteiger charge is -2.29. The standard InChI is InChI=1S/C19H24FNO2S/c1-14-12-17(10-11-18(14)20)24(22,23)21-15(2)13-19(3,4)16-8-6-5-7-9-16/h5-12,15,21H,13H2,1-4H3. The fourth-order valence-corrected chi connectivity index (χ4v) is 4.26. The van der Waals surface area contributed by atoms with E-state index in [1.807, 2.05) is 37.3 Å². The molecule has 2 aromatic rings. The van der Waals surface area contributed by atoms with E-state index in [2.05, 4.69) is 18.6 Å². The van der Waals surface area contributed by atoms with Gasteiger partial charge in [0.25, 0.3) is 0 Å². The molecule has 0 heterocycles. The van der Waals surface area contributed by atoms with Crippen molar-refractivity contribution in [3.63, 3.8) is 0 Å². The van der Waals surface area contributed by atoms with Crippen LogP contribution in [-0.4, -0.2) is 14.5 Å². The molecule has 3 nitrogen and oxygen atoms in total. The van der Waals surface area contributed by atoms with Crippen LogP contribution in [0, 0.1) is 12.7 Å². The zero-order valence-corrected chi connectivity index (χ0v) is 15.3. The second-order valence-electron chi connectivity index (χ2n) is 6.89. The molecule has 0 aromatic heterocycles. The Morgan fingerprint density at radius 3 is 2.33 bits per heavy atom. The van der Waals surface area contributed by atoms with Crippen LogP contribution in [0.15, 0.2) is 53.4 Å². The second kappa shape index (κ2) is 7.03. The van der Waals surface area contributed by atoms with Gasteiger partial charge in [-0.05, 0) is 55.0 Å². The van der Waals surface area contributed by atoms with Crippen molar-refractivity contribution < 1.29 is 12.8 Å². The number of nitrogens with one attached hydrogen (secondary N) is 1. The highest BCUT2D eigenvalue weighted by Crippen LogP contribution is 2.28. The first-order valence-corrected chi connectivity index (χ1v) is 9.44. The van der Waals surface area contributed by atoms with Gasteiger partial charge in [0.05, 0.1) is 4.90 Å². The van der Waals surface area contributed by atoms with Crippen molar-refractivity contribution in [3.05, 3.63) is 65.5 Å². The summed E-state index contributed by atoms with van der Waals surface area (Å²) >= 11 is 0. The van der Waals surface area contributed by atoms with Gasteiger partial charge in [-0.1, -0.05) is 44.2 Å². The minimum absolute atomic E-state index is 0.0887. The first-order valence-electron chi connectivity index (χ1n) is 7.96. The average molecular weight is 349 g/mol. The first-order chi connectivity index (χ1) is 11.1.